The SMILES string of the molecule is COc1cc(N=Nc2cccc(S(=O)(=O)O)c2)ccc1NCNc1ccc(N=Nc2ccc(O)c(C(=O)O)c2)cc1. The van der Waals surface area contributed by atoms with Gasteiger partial charge in [-0.15, -0.1) is 0 Å². The third-order valence-electron chi connectivity index (χ3n) is 5.51. The van der Waals surface area contributed by atoms with Crippen molar-refractivity contribution in [2.75, 3.05) is 24.4 Å². The number of anilines is 2. The molecule has 0 fully saturated rings. The minimum absolute atomic E-state index is 0.255. The summed E-state index contributed by atoms with van der Waals surface area (Å²) in [6.45, 7) is 0.353. The van der Waals surface area contributed by atoms with Crippen LogP contribution < -0.4 is 15.4 Å². The average molecular weight is 577 g/mol. The Bertz CT molecular complexity index is 1720. The van der Waals surface area contributed by atoms with E-state index in [1.165, 1.54) is 43.5 Å². The number of aromatic hydroxyl groups is 1. The van der Waals surface area contributed by atoms with Crippen molar-refractivity contribution in [2.24, 2.45) is 20.5 Å². The quantitative estimate of drug-likeness (QED) is 0.0737. The van der Waals surface area contributed by atoms with Crippen LogP contribution in [0.15, 0.2) is 110 Å². The van der Waals surface area contributed by atoms with Gasteiger partial charge in [0.05, 0.1) is 47.1 Å². The summed E-state index contributed by atoms with van der Waals surface area (Å²) in [7, 11) is -2.83. The number of phenols is 1. The molecule has 4 aromatic rings. The second kappa shape index (κ2) is 12.7. The number of ether oxygens (including phenoxy) is 1. The van der Waals surface area contributed by atoms with Crippen molar-refractivity contribution in [1.29, 1.82) is 0 Å². The Balaban J connectivity index is 1.34. The van der Waals surface area contributed by atoms with Crippen molar-refractivity contribution >= 4 is 50.2 Å². The van der Waals surface area contributed by atoms with Crippen LogP contribution in [0.4, 0.5) is 34.1 Å². The van der Waals surface area contributed by atoms with Gasteiger partial charge >= 0.3 is 5.97 Å². The molecule has 0 saturated heterocycles. The van der Waals surface area contributed by atoms with Crippen LogP contribution in [0.3, 0.4) is 0 Å². The summed E-state index contributed by atoms with van der Waals surface area (Å²) in [6.07, 6.45) is 0. The highest BCUT2D eigenvalue weighted by Gasteiger charge is 2.11. The molecule has 0 amide bonds. The van der Waals surface area contributed by atoms with Gasteiger partial charge in [0.15, 0.2) is 0 Å². The molecule has 0 aliphatic rings. The molecule has 0 aromatic heterocycles. The molecule has 0 unspecified atom stereocenters. The van der Waals surface area contributed by atoms with Gasteiger partial charge < -0.3 is 25.6 Å². The van der Waals surface area contributed by atoms with Crippen LogP contribution in [0, 0.1) is 0 Å². The van der Waals surface area contributed by atoms with Crippen LogP contribution in [-0.2, 0) is 10.1 Å². The van der Waals surface area contributed by atoms with E-state index < -0.39 is 16.1 Å². The van der Waals surface area contributed by atoms with E-state index in [9.17, 15) is 22.9 Å². The van der Waals surface area contributed by atoms with E-state index in [4.69, 9.17) is 9.84 Å². The van der Waals surface area contributed by atoms with E-state index in [-0.39, 0.29) is 21.9 Å². The lowest BCUT2D eigenvalue weighted by atomic mass is 10.2. The number of nitrogens with zero attached hydrogens (tertiary/aromatic N) is 4. The number of benzene rings is 4. The lowest BCUT2D eigenvalue weighted by molar-refractivity contribution is 0.0693. The molecule has 0 radical (unpaired) electrons. The molecule has 13 nitrogen and oxygen atoms in total. The molecule has 4 aromatic carbocycles. The van der Waals surface area contributed by atoms with Gasteiger partial charge in [0, 0.05) is 11.8 Å². The van der Waals surface area contributed by atoms with Gasteiger partial charge in [0.2, 0.25) is 0 Å². The minimum atomic E-state index is -4.34. The summed E-state index contributed by atoms with van der Waals surface area (Å²) in [4.78, 5) is 10.9. The van der Waals surface area contributed by atoms with Crippen molar-refractivity contribution in [1.82, 2.24) is 0 Å². The second-order valence-electron chi connectivity index (χ2n) is 8.34. The first-order valence-electron chi connectivity index (χ1n) is 11.9. The van der Waals surface area contributed by atoms with Gasteiger partial charge in [0.25, 0.3) is 10.1 Å². The lowest BCUT2D eigenvalue weighted by Crippen LogP contribution is -2.12. The summed E-state index contributed by atoms with van der Waals surface area (Å²) < 4.78 is 37.2. The smallest absolute Gasteiger partial charge is 0.339 e. The highest BCUT2D eigenvalue weighted by molar-refractivity contribution is 7.85. The van der Waals surface area contributed by atoms with Crippen molar-refractivity contribution < 1.29 is 32.7 Å². The zero-order valence-corrected chi connectivity index (χ0v) is 22.3. The fraction of sp³-hybridized carbons (Fsp3) is 0.0741. The number of rotatable bonds is 11. The zero-order valence-electron chi connectivity index (χ0n) is 21.5. The van der Waals surface area contributed by atoms with Gasteiger partial charge in [0.1, 0.15) is 17.1 Å². The highest BCUT2D eigenvalue weighted by atomic mass is 32.2. The molecule has 0 aliphatic carbocycles. The second-order valence-corrected chi connectivity index (χ2v) is 9.76. The maximum Gasteiger partial charge on any atom is 0.339 e. The number of carboxylic acids is 1. The van der Waals surface area contributed by atoms with E-state index >= 15 is 0 Å². The van der Waals surface area contributed by atoms with Crippen LogP contribution in [0.25, 0.3) is 0 Å². The molecule has 210 valence electrons. The van der Waals surface area contributed by atoms with E-state index in [1.54, 1.807) is 48.5 Å². The first-order valence-corrected chi connectivity index (χ1v) is 13.3. The van der Waals surface area contributed by atoms with Crippen LogP contribution >= 0.6 is 0 Å². The first-order chi connectivity index (χ1) is 19.6. The van der Waals surface area contributed by atoms with Crippen LogP contribution in [0.5, 0.6) is 11.5 Å². The molecule has 5 N–H and O–H groups in total. The molecule has 41 heavy (non-hydrogen) atoms. The Kier molecular flexibility index (Phi) is 8.86. The predicted molar refractivity (Wildman–Crippen MR) is 151 cm³/mol. The normalized spacial score (nSPS) is 11.6. The molecule has 0 aliphatic heterocycles. The molecule has 14 heteroatoms. The van der Waals surface area contributed by atoms with E-state index in [0.717, 1.165) is 5.69 Å². The topological polar surface area (TPSA) is 195 Å². The molecule has 4 rings (SSSR count). The third-order valence-corrected chi connectivity index (χ3v) is 6.36. The summed E-state index contributed by atoms with van der Waals surface area (Å²) in [5.74, 6) is -1.10. The number of methoxy groups -OCH3 is 1. The van der Waals surface area contributed by atoms with Gasteiger partial charge in [-0.3, -0.25) is 4.55 Å². The van der Waals surface area contributed by atoms with Gasteiger partial charge in [-0.25, -0.2) is 4.79 Å². The standard InChI is InChI=1S/C27H24N6O7S/c1-40-26-15-21(33-31-19-3-2-4-22(13-19)41(37,38)39)9-11-24(26)29-16-28-17-5-7-18(8-6-17)30-32-20-10-12-25(34)23(14-20)27(35)36/h2-15,28-29,34H,16H2,1H3,(H,35,36)(H,37,38,39). The Hall–Kier alpha value is -5.34. The Morgan fingerprint density at radius 2 is 1.41 bits per heavy atom. The van der Waals surface area contributed by atoms with Crippen molar-refractivity contribution in [3.05, 3.63) is 90.5 Å². The molecule has 0 atom stereocenters. The number of aromatic carboxylic acids is 1. The Labute approximate surface area is 234 Å². The van der Waals surface area contributed by atoms with Crippen molar-refractivity contribution in [3.63, 3.8) is 0 Å². The van der Waals surface area contributed by atoms with Crippen molar-refractivity contribution in [3.8, 4) is 11.5 Å². The molecular formula is C27H24N6O7S. The summed E-state index contributed by atoms with van der Waals surface area (Å²) in [5.41, 5.74) is 2.79. The zero-order chi connectivity index (χ0) is 29.4. The minimum Gasteiger partial charge on any atom is -0.507 e. The first kappa shape index (κ1) is 28.7. The third kappa shape index (κ3) is 7.84. The van der Waals surface area contributed by atoms with Gasteiger partial charge in [-0.1, -0.05) is 6.07 Å². The van der Waals surface area contributed by atoms with Crippen LogP contribution in [0.2, 0.25) is 0 Å². The number of carboxylic acid groups (broad SMARTS) is 1. The van der Waals surface area contributed by atoms with Gasteiger partial charge in [-0.05, 0) is 72.8 Å². The molecule has 0 spiro atoms. The number of hydrogen-bond donors (Lipinski definition) is 5. The van der Waals surface area contributed by atoms with Crippen LogP contribution in [-0.4, -0.2) is 42.9 Å². The summed E-state index contributed by atoms with van der Waals surface area (Å²) in [5, 5.41) is 41.3. The van der Waals surface area contributed by atoms with Gasteiger partial charge in [-0.2, -0.15) is 28.9 Å². The Morgan fingerprint density at radius 3 is 2.07 bits per heavy atom. The largest absolute Gasteiger partial charge is 0.507 e. The monoisotopic (exact) mass is 576 g/mol. The van der Waals surface area contributed by atoms with Crippen molar-refractivity contribution in [2.45, 2.75) is 4.90 Å². The number of carbonyl (C=O) groups is 1. The number of azo groups is 2. The number of nitrogens with one attached hydrogen (secondary N) is 2. The number of hydrogen-bond acceptors (Lipinski definition) is 11. The maximum atomic E-state index is 11.3. The molecular weight excluding hydrogens is 552 g/mol. The molecule has 0 heterocycles. The Morgan fingerprint density at radius 1 is 0.805 bits per heavy atom. The van der Waals surface area contributed by atoms with Crippen LogP contribution in [0.1, 0.15) is 10.4 Å². The average Bonchev–Trinajstić information content (AvgIpc) is 2.96. The maximum absolute atomic E-state index is 11.3. The predicted octanol–water partition coefficient (Wildman–Crippen LogP) is 6.66. The van der Waals surface area contributed by atoms with E-state index in [1.807, 2.05) is 0 Å². The summed E-state index contributed by atoms with van der Waals surface area (Å²) in [6, 6.07) is 21.6. The van der Waals surface area contributed by atoms with E-state index in [0.29, 0.717) is 35.2 Å². The molecule has 0 saturated carbocycles. The fourth-order valence-corrected chi connectivity index (χ4v) is 3.99. The summed E-state index contributed by atoms with van der Waals surface area (Å²) >= 11 is 0. The fourth-order valence-electron chi connectivity index (χ4n) is 3.47. The van der Waals surface area contributed by atoms with E-state index in [2.05, 4.69) is 31.1 Å². The highest BCUT2D eigenvalue weighted by Crippen LogP contribution is 2.31. The lowest BCUT2D eigenvalue weighted by Gasteiger charge is -2.13. The molecule has 0 bridgehead atoms.